The summed E-state index contributed by atoms with van der Waals surface area (Å²) < 4.78 is 23.4. The Morgan fingerprint density at radius 3 is 2.85 bits per heavy atom. The molecular formula is C19H23N2O3S2+. The van der Waals surface area contributed by atoms with Gasteiger partial charge in [0.2, 0.25) is 0 Å². The van der Waals surface area contributed by atoms with Crippen LogP contribution in [0.5, 0.6) is 0 Å². The van der Waals surface area contributed by atoms with Crippen LogP contribution in [0.25, 0.3) is 0 Å². The van der Waals surface area contributed by atoms with E-state index in [4.69, 9.17) is 0 Å². The third-order valence-corrected chi connectivity index (χ3v) is 7.36. The minimum absolute atomic E-state index is 0.0602. The first kappa shape index (κ1) is 17.7. The molecule has 2 N–H and O–H groups in total. The molecule has 5 nitrogen and oxygen atoms in total. The van der Waals surface area contributed by atoms with Gasteiger partial charge in [0.25, 0.3) is 5.91 Å². The van der Waals surface area contributed by atoms with Gasteiger partial charge >= 0.3 is 0 Å². The summed E-state index contributed by atoms with van der Waals surface area (Å²) in [4.78, 5) is 15.6. The summed E-state index contributed by atoms with van der Waals surface area (Å²) in [6.45, 7) is 1.39. The van der Waals surface area contributed by atoms with Crippen LogP contribution in [0.15, 0.2) is 40.6 Å². The highest BCUT2D eigenvalue weighted by atomic mass is 32.2. The first-order chi connectivity index (χ1) is 12.4. The summed E-state index contributed by atoms with van der Waals surface area (Å²) >= 11 is 1.83. The van der Waals surface area contributed by atoms with E-state index in [1.54, 1.807) is 18.2 Å². The largest absolute Gasteiger partial charge is 0.321 e. The number of amides is 1. The molecule has 1 aliphatic carbocycles. The monoisotopic (exact) mass is 391 g/mol. The topological polar surface area (TPSA) is 67.7 Å². The number of quaternary nitrogens is 1. The number of thiophene rings is 1. The number of hydrogen-bond acceptors (Lipinski definition) is 4. The summed E-state index contributed by atoms with van der Waals surface area (Å²) in [6, 6.07) is 9.11. The summed E-state index contributed by atoms with van der Waals surface area (Å²) in [5.41, 5.74) is 1.97. The highest BCUT2D eigenvalue weighted by Crippen LogP contribution is 2.42. The van der Waals surface area contributed by atoms with E-state index in [2.05, 4.69) is 16.8 Å². The fraction of sp³-hybridized carbons (Fsp3) is 0.421. The molecule has 26 heavy (non-hydrogen) atoms. The predicted molar refractivity (Wildman–Crippen MR) is 102 cm³/mol. The van der Waals surface area contributed by atoms with Gasteiger partial charge in [0.1, 0.15) is 6.04 Å². The third kappa shape index (κ3) is 3.70. The Morgan fingerprint density at radius 1 is 1.31 bits per heavy atom. The summed E-state index contributed by atoms with van der Waals surface area (Å²) in [7, 11) is -3.28. The predicted octanol–water partition coefficient (Wildman–Crippen LogP) is 1.68. The van der Waals surface area contributed by atoms with Crippen LogP contribution in [0.3, 0.4) is 0 Å². The van der Waals surface area contributed by atoms with Crippen molar-refractivity contribution in [2.75, 3.05) is 24.7 Å². The zero-order chi connectivity index (χ0) is 18.3. The first-order valence-corrected chi connectivity index (χ1v) is 11.7. The van der Waals surface area contributed by atoms with Gasteiger partial charge in [-0.3, -0.25) is 4.79 Å². The maximum absolute atomic E-state index is 12.6. The van der Waals surface area contributed by atoms with Crippen LogP contribution in [0.4, 0.5) is 5.69 Å². The number of hydrogen-bond donors (Lipinski definition) is 2. The quantitative estimate of drug-likeness (QED) is 0.815. The summed E-state index contributed by atoms with van der Waals surface area (Å²) in [5, 5.41) is 5.04. The van der Waals surface area contributed by atoms with Crippen molar-refractivity contribution in [3.63, 3.8) is 0 Å². The van der Waals surface area contributed by atoms with E-state index >= 15 is 0 Å². The summed E-state index contributed by atoms with van der Waals surface area (Å²) in [6.07, 6.45) is 4.70. The smallest absolute Gasteiger partial charge is 0.279 e. The Kier molecular flexibility index (Phi) is 4.62. The van der Waals surface area contributed by atoms with Gasteiger partial charge in [0.05, 0.1) is 11.4 Å². The molecule has 0 saturated heterocycles. The molecule has 0 radical (unpaired) electrons. The minimum Gasteiger partial charge on any atom is -0.321 e. The van der Waals surface area contributed by atoms with E-state index in [0.29, 0.717) is 24.2 Å². The fourth-order valence-electron chi connectivity index (χ4n) is 3.91. The van der Waals surface area contributed by atoms with E-state index in [9.17, 15) is 13.2 Å². The van der Waals surface area contributed by atoms with Crippen LogP contribution in [0.1, 0.15) is 29.3 Å². The van der Waals surface area contributed by atoms with E-state index in [-0.39, 0.29) is 10.8 Å². The first-order valence-electron chi connectivity index (χ1n) is 8.92. The second-order valence-electron chi connectivity index (χ2n) is 7.30. The fourth-order valence-corrected chi connectivity index (χ4v) is 5.51. The highest BCUT2D eigenvalue weighted by molar-refractivity contribution is 7.90. The van der Waals surface area contributed by atoms with Crippen molar-refractivity contribution in [2.24, 2.45) is 5.92 Å². The normalized spacial score (nSPS) is 22.7. The van der Waals surface area contributed by atoms with Gasteiger partial charge < -0.3 is 10.2 Å². The minimum atomic E-state index is -3.28. The van der Waals surface area contributed by atoms with Gasteiger partial charge in [-0.15, -0.1) is 11.3 Å². The SMILES string of the molecule is CS(=O)(=O)c1cccc(NC(=O)C[NH+]2CCc3sccc3[C@H]2C2CC2)c1. The Balaban J connectivity index is 1.47. The van der Waals surface area contributed by atoms with Crippen LogP contribution in [-0.4, -0.2) is 33.7 Å². The lowest BCUT2D eigenvalue weighted by Gasteiger charge is -2.32. The van der Waals surface area contributed by atoms with Crippen LogP contribution in [0.2, 0.25) is 0 Å². The molecule has 2 atom stereocenters. The van der Waals surface area contributed by atoms with Gasteiger partial charge in [-0.05, 0) is 42.5 Å². The van der Waals surface area contributed by atoms with Crippen molar-refractivity contribution in [3.8, 4) is 0 Å². The van der Waals surface area contributed by atoms with Crippen LogP contribution in [-0.2, 0) is 21.1 Å². The molecule has 1 aromatic heterocycles. The molecule has 4 rings (SSSR count). The lowest BCUT2D eigenvalue weighted by Crippen LogP contribution is -3.14. The zero-order valence-corrected chi connectivity index (χ0v) is 16.3. The van der Waals surface area contributed by atoms with Gasteiger partial charge in [-0.25, -0.2) is 8.42 Å². The van der Waals surface area contributed by atoms with Gasteiger partial charge in [-0.2, -0.15) is 0 Å². The van der Waals surface area contributed by atoms with Crippen molar-refractivity contribution in [1.29, 1.82) is 0 Å². The van der Waals surface area contributed by atoms with Crippen LogP contribution < -0.4 is 10.2 Å². The lowest BCUT2D eigenvalue weighted by atomic mass is 9.96. The molecule has 1 amide bonds. The van der Waals surface area contributed by atoms with Crippen molar-refractivity contribution < 1.29 is 18.1 Å². The average Bonchev–Trinajstić information content (AvgIpc) is 3.30. The number of fused-ring (bicyclic) bond motifs is 1. The third-order valence-electron chi connectivity index (χ3n) is 5.25. The van der Waals surface area contributed by atoms with Gasteiger partial charge in [0.15, 0.2) is 16.4 Å². The average molecular weight is 392 g/mol. The maximum atomic E-state index is 12.6. The Hall–Kier alpha value is -1.70. The Morgan fingerprint density at radius 2 is 2.12 bits per heavy atom. The van der Waals surface area contributed by atoms with E-state index < -0.39 is 9.84 Å². The molecule has 1 unspecified atom stereocenters. The molecule has 1 aromatic carbocycles. The number of rotatable bonds is 5. The maximum Gasteiger partial charge on any atom is 0.279 e. The highest BCUT2D eigenvalue weighted by Gasteiger charge is 2.43. The zero-order valence-electron chi connectivity index (χ0n) is 14.7. The molecule has 1 saturated carbocycles. The van der Waals surface area contributed by atoms with Gasteiger partial charge in [0, 0.05) is 34.7 Å². The van der Waals surface area contributed by atoms with Crippen LogP contribution >= 0.6 is 11.3 Å². The Bertz CT molecular complexity index is 932. The van der Waals surface area contributed by atoms with Crippen LogP contribution in [0, 0.1) is 5.92 Å². The molecule has 7 heteroatoms. The van der Waals surface area contributed by atoms with E-state index in [0.717, 1.165) is 13.0 Å². The molecule has 1 aliphatic heterocycles. The molecule has 1 fully saturated rings. The van der Waals surface area contributed by atoms with Crippen molar-refractivity contribution in [1.82, 2.24) is 0 Å². The molecule has 0 spiro atoms. The lowest BCUT2D eigenvalue weighted by molar-refractivity contribution is -0.928. The molecule has 2 heterocycles. The summed E-state index contributed by atoms with van der Waals surface area (Å²) in [5.74, 6) is 0.634. The molecule has 2 aromatic rings. The number of anilines is 1. The molecule has 2 aliphatic rings. The Labute approximate surface area is 157 Å². The van der Waals surface area contributed by atoms with Crippen molar-refractivity contribution in [2.45, 2.75) is 30.2 Å². The molecular weight excluding hydrogens is 368 g/mol. The van der Waals surface area contributed by atoms with E-state index in [1.165, 1.54) is 40.5 Å². The number of sulfone groups is 1. The molecule has 138 valence electrons. The number of carbonyl (C=O) groups excluding carboxylic acids is 1. The van der Waals surface area contributed by atoms with Gasteiger partial charge in [-0.1, -0.05) is 6.07 Å². The molecule has 0 bridgehead atoms. The number of benzene rings is 1. The standard InChI is InChI=1S/C19H22N2O3S2/c1-26(23,24)15-4-2-3-14(11-15)20-18(22)12-21-9-7-17-16(8-10-25-17)19(21)13-5-6-13/h2-4,8,10-11,13,19H,5-7,9,12H2,1H3,(H,20,22)/p+1/t19-/m1/s1. The second-order valence-corrected chi connectivity index (χ2v) is 10.3. The second kappa shape index (κ2) is 6.79. The van der Waals surface area contributed by atoms with Crippen molar-refractivity contribution >= 4 is 32.8 Å². The number of nitrogens with one attached hydrogen (secondary N) is 2. The van der Waals surface area contributed by atoms with E-state index in [1.807, 2.05) is 11.3 Å². The number of carbonyl (C=O) groups is 1. The van der Waals surface area contributed by atoms with Crippen molar-refractivity contribution in [3.05, 3.63) is 46.2 Å².